The van der Waals surface area contributed by atoms with Crippen LogP contribution in [0.1, 0.15) is 46.2 Å². The molecule has 1 aromatic heterocycles. The molecule has 0 bridgehead atoms. The Hall–Kier alpha value is -2.21. The van der Waals surface area contributed by atoms with E-state index in [-0.39, 0.29) is 11.9 Å². The Labute approximate surface area is 134 Å². The highest BCUT2D eigenvalue weighted by Crippen LogP contribution is 2.26. The van der Waals surface area contributed by atoms with Gasteiger partial charge in [0.2, 0.25) is 6.39 Å². The molecule has 0 unspecified atom stereocenters. The lowest BCUT2D eigenvalue weighted by Crippen LogP contribution is -2.43. The van der Waals surface area contributed by atoms with Crippen LogP contribution in [0.15, 0.2) is 29.1 Å². The average Bonchev–Trinajstić information content (AvgIpc) is 3.15. The molecule has 1 saturated heterocycles. The third kappa shape index (κ3) is 2.74. The van der Waals surface area contributed by atoms with Gasteiger partial charge in [-0.2, -0.15) is 4.98 Å². The Kier molecular flexibility index (Phi) is 3.83. The van der Waals surface area contributed by atoms with Gasteiger partial charge in [-0.25, -0.2) is 0 Å². The quantitative estimate of drug-likeness (QED) is 0.850. The summed E-state index contributed by atoms with van der Waals surface area (Å²) in [6.45, 7) is 1.47. The summed E-state index contributed by atoms with van der Waals surface area (Å²) in [5.41, 5.74) is 3.43. The van der Waals surface area contributed by atoms with Gasteiger partial charge in [-0.15, -0.1) is 0 Å². The lowest BCUT2D eigenvalue weighted by atomic mass is 9.90. The number of hydrogen-bond donors (Lipinski definition) is 0. The van der Waals surface area contributed by atoms with Gasteiger partial charge < -0.3 is 14.2 Å². The fourth-order valence-electron chi connectivity index (χ4n) is 3.42. The summed E-state index contributed by atoms with van der Waals surface area (Å²) in [6.07, 6.45) is 5.91. The minimum absolute atomic E-state index is 0.0106. The number of aromatic nitrogens is 2. The summed E-state index contributed by atoms with van der Waals surface area (Å²) in [6, 6.07) is 5.81. The zero-order chi connectivity index (χ0) is 15.6. The van der Waals surface area contributed by atoms with Crippen molar-refractivity contribution in [1.29, 1.82) is 0 Å². The van der Waals surface area contributed by atoms with E-state index >= 15 is 0 Å². The van der Waals surface area contributed by atoms with Crippen LogP contribution in [0, 0.1) is 0 Å². The third-order valence-electron chi connectivity index (χ3n) is 4.66. The SMILES string of the molecule is O=C(c1ccc2c(c1)CCCC2)N1CCOC[C@@H]1c1ncon1. The number of fused-ring (bicyclic) bond motifs is 1. The monoisotopic (exact) mass is 313 g/mol. The van der Waals surface area contributed by atoms with Gasteiger partial charge in [0.1, 0.15) is 6.04 Å². The molecule has 1 aliphatic heterocycles. The maximum atomic E-state index is 13.0. The zero-order valence-corrected chi connectivity index (χ0v) is 12.9. The second-order valence-electron chi connectivity index (χ2n) is 6.07. The summed E-state index contributed by atoms with van der Waals surface area (Å²) in [5, 5.41) is 3.88. The van der Waals surface area contributed by atoms with E-state index < -0.39 is 0 Å². The van der Waals surface area contributed by atoms with Crippen molar-refractivity contribution in [2.75, 3.05) is 19.8 Å². The molecule has 23 heavy (non-hydrogen) atoms. The summed E-state index contributed by atoms with van der Waals surface area (Å²) in [5.74, 6) is 0.507. The highest BCUT2D eigenvalue weighted by Gasteiger charge is 2.32. The molecule has 0 N–H and O–H groups in total. The summed E-state index contributed by atoms with van der Waals surface area (Å²) in [4.78, 5) is 18.9. The number of rotatable bonds is 2. The third-order valence-corrected chi connectivity index (χ3v) is 4.66. The normalized spacial score (nSPS) is 21.0. The maximum Gasteiger partial charge on any atom is 0.254 e. The minimum atomic E-state index is -0.286. The van der Waals surface area contributed by atoms with Crippen LogP contribution in [0.4, 0.5) is 0 Å². The molecule has 0 spiro atoms. The summed E-state index contributed by atoms with van der Waals surface area (Å²) in [7, 11) is 0. The fraction of sp³-hybridized carbons (Fsp3) is 0.471. The summed E-state index contributed by atoms with van der Waals surface area (Å²) >= 11 is 0. The minimum Gasteiger partial charge on any atom is -0.377 e. The number of carbonyl (C=O) groups excluding carboxylic acids is 1. The topological polar surface area (TPSA) is 68.5 Å². The number of aryl methyl sites for hydroxylation is 2. The number of morpholine rings is 1. The van der Waals surface area contributed by atoms with Crippen LogP contribution in [0.3, 0.4) is 0 Å². The van der Waals surface area contributed by atoms with Crippen LogP contribution in [0.5, 0.6) is 0 Å². The molecule has 2 aliphatic rings. The van der Waals surface area contributed by atoms with E-state index in [1.165, 1.54) is 30.4 Å². The van der Waals surface area contributed by atoms with Crippen molar-refractivity contribution in [2.24, 2.45) is 0 Å². The van der Waals surface area contributed by atoms with Gasteiger partial charge in [0.05, 0.1) is 13.2 Å². The standard InChI is InChI=1S/C17H19N3O3/c21-17(14-6-5-12-3-1-2-4-13(12)9-14)20-7-8-22-10-15(20)16-18-11-23-19-16/h5-6,9,11,15H,1-4,7-8,10H2/t15-/m1/s1. The van der Waals surface area contributed by atoms with Crippen molar-refractivity contribution in [3.8, 4) is 0 Å². The molecular weight excluding hydrogens is 294 g/mol. The average molecular weight is 313 g/mol. The number of hydrogen-bond acceptors (Lipinski definition) is 5. The molecule has 1 atom stereocenters. The van der Waals surface area contributed by atoms with Crippen molar-refractivity contribution in [2.45, 2.75) is 31.7 Å². The largest absolute Gasteiger partial charge is 0.377 e. The van der Waals surface area contributed by atoms with Gasteiger partial charge in [0.15, 0.2) is 5.82 Å². The van der Waals surface area contributed by atoms with E-state index in [0.29, 0.717) is 25.6 Å². The molecule has 1 aromatic carbocycles. The molecule has 2 aromatic rings. The molecule has 0 saturated carbocycles. The first-order chi connectivity index (χ1) is 11.3. The Balaban J connectivity index is 1.62. The second kappa shape index (κ2) is 6.12. The lowest BCUT2D eigenvalue weighted by Gasteiger charge is -2.34. The van der Waals surface area contributed by atoms with Crippen molar-refractivity contribution in [1.82, 2.24) is 15.0 Å². The van der Waals surface area contributed by atoms with Crippen LogP contribution in [0.2, 0.25) is 0 Å². The van der Waals surface area contributed by atoms with Crippen molar-refractivity contribution < 1.29 is 14.1 Å². The second-order valence-corrected chi connectivity index (χ2v) is 6.07. The fourth-order valence-corrected chi connectivity index (χ4v) is 3.42. The van der Waals surface area contributed by atoms with Crippen LogP contribution in [0.25, 0.3) is 0 Å². The maximum absolute atomic E-state index is 13.0. The molecule has 2 heterocycles. The van der Waals surface area contributed by atoms with Gasteiger partial charge in [-0.3, -0.25) is 4.79 Å². The van der Waals surface area contributed by atoms with Gasteiger partial charge in [-0.1, -0.05) is 11.2 Å². The highest BCUT2D eigenvalue weighted by molar-refractivity contribution is 5.94. The Morgan fingerprint density at radius 2 is 2.09 bits per heavy atom. The van der Waals surface area contributed by atoms with Crippen LogP contribution in [-0.4, -0.2) is 40.7 Å². The predicted molar refractivity (Wildman–Crippen MR) is 82.0 cm³/mol. The van der Waals surface area contributed by atoms with E-state index in [1.807, 2.05) is 6.07 Å². The molecule has 1 fully saturated rings. The van der Waals surface area contributed by atoms with E-state index in [4.69, 9.17) is 9.26 Å². The van der Waals surface area contributed by atoms with Gasteiger partial charge >= 0.3 is 0 Å². The highest BCUT2D eigenvalue weighted by atomic mass is 16.5. The molecule has 1 amide bonds. The van der Waals surface area contributed by atoms with Crippen LogP contribution in [-0.2, 0) is 17.6 Å². The molecule has 120 valence electrons. The molecule has 0 radical (unpaired) electrons. The number of ether oxygens (including phenoxy) is 1. The number of carbonyl (C=O) groups is 1. The van der Waals surface area contributed by atoms with E-state index in [2.05, 4.69) is 22.3 Å². The van der Waals surface area contributed by atoms with Crippen molar-refractivity contribution in [3.05, 3.63) is 47.1 Å². The molecule has 6 nitrogen and oxygen atoms in total. The molecule has 4 rings (SSSR count). The summed E-state index contributed by atoms with van der Waals surface area (Å²) < 4.78 is 10.3. The molecule has 6 heteroatoms. The smallest absolute Gasteiger partial charge is 0.254 e. The van der Waals surface area contributed by atoms with Crippen LogP contribution >= 0.6 is 0 Å². The van der Waals surface area contributed by atoms with Gasteiger partial charge in [-0.05, 0) is 48.9 Å². The number of benzene rings is 1. The first-order valence-corrected chi connectivity index (χ1v) is 8.10. The molecule has 1 aliphatic carbocycles. The Bertz CT molecular complexity index is 699. The first kappa shape index (κ1) is 14.4. The van der Waals surface area contributed by atoms with Gasteiger partial charge in [0.25, 0.3) is 5.91 Å². The van der Waals surface area contributed by atoms with Gasteiger partial charge in [0, 0.05) is 12.1 Å². The zero-order valence-electron chi connectivity index (χ0n) is 12.9. The number of amides is 1. The lowest BCUT2D eigenvalue weighted by molar-refractivity contribution is -0.00577. The molecular formula is C17H19N3O3. The van der Waals surface area contributed by atoms with Crippen molar-refractivity contribution in [3.63, 3.8) is 0 Å². The Morgan fingerprint density at radius 1 is 1.22 bits per heavy atom. The number of nitrogens with zero attached hydrogens (tertiary/aromatic N) is 3. The Morgan fingerprint density at radius 3 is 2.91 bits per heavy atom. The van der Waals surface area contributed by atoms with Crippen LogP contribution < -0.4 is 0 Å². The van der Waals surface area contributed by atoms with Crippen molar-refractivity contribution >= 4 is 5.91 Å². The van der Waals surface area contributed by atoms with E-state index in [0.717, 1.165) is 18.4 Å². The van der Waals surface area contributed by atoms with E-state index in [1.54, 1.807) is 4.90 Å². The first-order valence-electron chi connectivity index (χ1n) is 8.10. The van der Waals surface area contributed by atoms with E-state index in [9.17, 15) is 4.79 Å². The predicted octanol–water partition coefficient (Wildman–Crippen LogP) is 2.16.